The van der Waals surface area contributed by atoms with Gasteiger partial charge in [-0.3, -0.25) is 19.8 Å². The number of carbonyl (C=O) groups excluding carboxylic acids is 1. The highest BCUT2D eigenvalue weighted by molar-refractivity contribution is 5.94. The van der Waals surface area contributed by atoms with E-state index in [2.05, 4.69) is 4.90 Å². The van der Waals surface area contributed by atoms with Gasteiger partial charge in [-0.05, 0) is 17.7 Å². The monoisotopic (exact) mass is 343 g/mol. The van der Waals surface area contributed by atoms with Gasteiger partial charge in [-0.1, -0.05) is 24.3 Å². The molecule has 25 heavy (non-hydrogen) atoms. The first-order chi connectivity index (χ1) is 12.0. The second-order valence-electron chi connectivity index (χ2n) is 5.97. The number of halogens is 1. The van der Waals surface area contributed by atoms with Crippen LogP contribution in [0.25, 0.3) is 0 Å². The predicted molar refractivity (Wildman–Crippen MR) is 90.7 cm³/mol. The normalized spacial score (nSPS) is 15.2. The fraction of sp³-hybridized carbons (Fsp3) is 0.278. The van der Waals surface area contributed by atoms with Gasteiger partial charge in [0, 0.05) is 44.9 Å². The number of hydrogen-bond acceptors (Lipinski definition) is 4. The molecule has 1 aliphatic rings. The summed E-state index contributed by atoms with van der Waals surface area (Å²) in [6.45, 7) is 3.08. The van der Waals surface area contributed by atoms with Crippen LogP contribution in [0.15, 0.2) is 48.5 Å². The first-order valence-corrected chi connectivity index (χ1v) is 8.04. The number of carbonyl (C=O) groups is 1. The van der Waals surface area contributed by atoms with Crippen LogP contribution in [-0.2, 0) is 6.54 Å². The third-order valence-electron chi connectivity index (χ3n) is 4.32. The van der Waals surface area contributed by atoms with E-state index in [-0.39, 0.29) is 17.2 Å². The predicted octanol–water partition coefficient (Wildman–Crippen LogP) is 2.69. The number of rotatable bonds is 4. The summed E-state index contributed by atoms with van der Waals surface area (Å²) in [6.07, 6.45) is 0. The molecule has 1 saturated heterocycles. The van der Waals surface area contributed by atoms with Crippen molar-refractivity contribution in [3.8, 4) is 0 Å². The summed E-state index contributed by atoms with van der Waals surface area (Å²) < 4.78 is 13.7. The van der Waals surface area contributed by atoms with Gasteiger partial charge in [-0.15, -0.1) is 0 Å². The molecule has 0 bridgehead atoms. The minimum absolute atomic E-state index is 0.0732. The molecule has 0 atom stereocenters. The molecule has 0 unspecified atom stereocenters. The molecule has 1 aliphatic heterocycles. The SMILES string of the molecule is O=C(c1ccccc1F)N1CCN(Cc2ccc([N+](=O)[O-])cc2)CC1. The van der Waals surface area contributed by atoms with Gasteiger partial charge in [-0.25, -0.2) is 4.39 Å². The van der Waals surface area contributed by atoms with E-state index in [4.69, 9.17) is 0 Å². The van der Waals surface area contributed by atoms with E-state index >= 15 is 0 Å². The van der Waals surface area contributed by atoms with E-state index in [9.17, 15) is 19.3 Å². The molecule has 1 amide bonds. The summed E-state index contributed by atoms with van der Waals surface area (Å²) in [5, 5.41) is 10.7. The minimum atomic E-state index is -0.499. The zero-order chi connectivity index (χ0) is 17.8. The first kappa shape index (κ1) is 17.0. The fourth-order valence-electron chi connectivity index (χ4n) is 2.90. The van der Waals surface area contributed by atoms with E-state index in [1.807, 2.05) is 0 Å². The van der Waals surface area contributed by atoms with Crippen molar-refractivity contribution in [3.05, 3.63) is 75.6 Å². The Morgan fingerprint density at radius 2 is 1.68 bits per heavy atom. The van der Waals surface area contributed by atoms with Gasteiger partial charge in [0.05, 0.1) is 10.5 Å². The van der Waals surface area contributed by atoms with E-state index < -0.39 is 10.7 Å². The Hall–Kier alpha value is -2.80. The van der Waals surface area contributed by atoms with E-state index in [1.54, 1.807) is 29.2 Å². The molecule has 1 heterocycles. The quantitative estimate of drug-likeness (QED) is 0.632. The van der Waals surface area contributed by atoms with Crippen LogP contribution in [0, 0.1) is 15.9 Å². The van der Waals surface area contributed by atoms with Crippen LogP contribution in [0.4, 0.5) is 10.1 Å². The van der Waals surface area contributed by atoms with Crippen molar-refractivity contribution in [2.75, 3.05) is 26.2 Å². The largest absolute Gasteiger partial charge is 0.336 e. The Kier molecular flexibility index (Phi) is 5.04. The zero-order valence-electron chi connectivity index (χ0n) is 13.6. The fourth-order valence-corrected chi connectivity index (χ4v) is 2.90. The Balaban J connectivity index is 1.56. The highest BCUT2D eigenvalue weighted by Gasteiger charge is 2.23. The molecule has 6 nitrogen and oxygen atoms in total. The number of nitro groups is 1. The summed E-state index contributed by atoms with van der Waals surface area (Å²) in [5.74, 6) is -0.783. The van der Waals surface area contributed by atoms with E-state index in [0.29, 0.717) is 32.7 Å². The average molecular weight is 343 g/mol. The van der Waals surface area contributed by atoms with Crippen LogP contribution in [0.3, 0.4) is 0 Å². The van der Waals surface area contributed by atoms with Crippen LogP contribution in [0.2, 0.25) is 0 Å². The van der Waals surface area contributed by atoms with E-state index in [1.165, 1.54) is 24.3 Å². The second-order valence-corrected chi connectivity index (χ2v) is 5.97. The lowest BCUT2D eigenvalue weighted by Crippen LogP contribution is -2.48. The number of amides is 1. The van der Waals surface area contributed by atoms with Crippen molar-refractivity contribution >= 4 is 11.6 Å². The number of non-ortho nitro benzene ring substituents is 1. The summed E-state index contributed by atoms with van der Waals surface area (Å²) in [7, 11) is 0. The average Bonchev–Trinajstić information content (AvgIpc) is 2.63. The van der Waals surface area contributed by atoms with Gasteiger partial charge >= 0.3 is 0 Å². The van der Waals surface area contributed by atoms with Gasteiger partial charge < -0.3 is 4.90 Å². The molecule has 0 aliphatic carbocycles. The Labute approximate surface area is 144 Å². The van der Waals surface area contributed by atoms with Gasteiger partial charge in [0.1, 0.15) is 5.82 Å². The molecule has 0 N–H and O–H groups in total. The molecule has 3 rings (SSSR count). The minimum Gasteiger partial charge on any atom is -0.336 e. The number of hydrogen-bond donors (Lipinski definition) is 0. The summed E-state index contributed by atoms with van der Waals surface area (Å²) >= 11 is 0. The smallest absolute Gasteiger partial charge is 0.269 e. The Morgan fingerprint density at radius 3 is 2.28 bits per heavy atom. The summed E-state index contributed by atoms with van der Waals surface area (Å²) in [4.78, 5) is 26.5. The molecule has 130 valence electrons. The van der Waals surface area contributed by atoms with Crippen molar-refractivity contribution < 1.29 is 14.1 Å². The van der Waals surface area contributed by atoms with Crippen molar-refractivity contribution in [1.29, 1.82) is 0 Å². The third kappa shape index (κ3) is 4.00. The van der Waals surface area contributed by atoms with Crippen molar-refractivity contribution in [2.45, 2.75) is 6.54 Å². The number of piperazine rings is 1. The summed E-state index contributed by atoms with van der Waals surface area (Å²) in [6, 6.07) is 12.5. The Bertz CT molecular complexity index is 771. The molecule has 0 spiro atoms. The van der Waals surface area contributed by atoms with Gasteiger partial charge in [-0.2, -0.15) is 0 Å². The number of nitro benzene ring substituents is 1. The van der Waals surface area contributed by atoms with Gasteiger partial charge in [0.25, 0.3) is 11.6 Å². The first-order valence-electron chi connectivity index (χ1n) is 8.04. The molecular formula is C18H18FN3O3. The maximum atomic E-state index is 13.7. The third-order valence-corrected chi connectivity index (χ3v) is 4.32. The molecule has 1 fully saturated rings. The molecule has 2 aromatic rings. The molecule has 0 radical (unpaired) electrons. The van der Waals surface area contributed by atoms with Crippen LogP contribution in [0.5, 0.6) is 0 Å². The standard InChI is InChI=1S/C18H18FN3O3/c19-17-4-2-1-3-16(17)18(23)21-11-9-20(10-12-21)13-14-5-7-15(8-6-14)22(24)25/h1-8H,9-13H2. The van der Waals surface area contributed by atoms with Gasteiger partial charge in [0.15, 0.2) is 0 Å². The number of nitrogens with zero attached hydrogens (tertiary/aromatic N) is 3. The topological polar surface area (TPSA) is 66.7 Å². The van der Waals surface area contributed by atoms with Crippen LogP contribution < -0.4 is 0 Å². The lowest BCUT2D eigenvalue weighted by molar-refractivity contribution is -0.384. The lowest BCUT2D eigenvalue weighted by Gasteiger charge is -2.34. The van der Waals surface area contributed by atoms with Crippen molar-refractivity contribution in [2.24, 2.45) is 0 Å². The second kappa shape index (κ2) is 7.40. The zero-order valence-corrected chi connectivity index (χ0v) is 13.6. The van der Waals surface area contributed by atoms with E-state index in [0.717, 1.165) is 5.56 Å². The highest BCUT2D eigenvalue weighted by Crippen LogP contribution is 2.16. The molecule has 0 saturated carbocycles. The Morgan fingerprint density at radius 1 is 1.04 bits per heavy atom. The molecule has 0 aromatic heterocycles. The van der Waals surface area contributed by atoms with Crippen LogP contribution in [0.1, 0.15) is 15.9 Å². The molecular weight excluding hydrogens is 325 g/mol. The number of benzene rings is 2. The van der Waals surface area contributed by atoms with Gasteiger partial charge in [0.2, 0.25) is 0 Å². The van der Waals surface area contributed by atoms with Crippen LogP contribution >= 0.6 is 0 Å². The molecule has 7 heteroatoms. The maximum absolute atomic E-state index is 13.7. The van der Waals surface area contributed by atoms with Crippen molar-refractivity contribution in [1.82, 2.24) is 9.80 Å². The lowest BCUT2D eigenvalue weighted by atomic mass is 10.1. The van der Waals surface area contributed by atoms with Crippen molar-refractivity contribution in [3.63, 3.8) is 0 Å². The summed E-state index contributed by atoms with van der Waals surface area (Å²) in [5.41, 5.74) is 1.16. The molecule has 2 aromatic carbocycles. The van der Waals surface area contributed by atoms with Crippen LogP contribution in [-0.4, -0.2) is 46.8 Å². The maximum Gasteiger partial charge on any atom is 0.269 e. The highest BCUT2D eigenvalue weighted by atomic mass is 19.1.